The van der Waals surface area contributed by atoms with Crippen LogP contribution >= 0.6 is 0 Å². The first-order valence-corrected chi connectivity index (χ1v) is 6.74. The van der Waals surface area contributed by atoms with Crippen LogP contribution in [-0.2, 0) is 9.53 Å². The molecular weight excluding hydrogens is 230 g/mol. The summed E-state index contributed by atoms with van der Waals surface area (Å²) in [7, 11) is 0. The molecule has 0 aromatic rings. The smallest absolute Gasteiger partial charge is 0.407 e. The average molecular weight is 255 g/mol. The van der Waals surface area contributed by atoms with Crippen molar-refractivity contribution < 1.29 is 14.3 Å². The lowest BCUT2D eigenvalue weighted by Crippen LogP contribution is -2.48. The fourth-order valence-electron chi connectivity index (χ4n) is 2.46. The molecule has 4 heteroatoms. The molecule has 1 saturated carbocycles. The maximum absolute atomic E-state index is 11.7. The van der Waals surface area contributed by atoms with Crippen LogP contribution in [0.1, 0.15) is 53.4 Å². The second-order valence-electron chi connectivity index (χ2n) is 6.30. The molecule has 0 spiro atoms. The van der Waals surface area contributed by atoms with E-state index in [4.69, 9.17) is 4.74 Å². The Kier molecular flexibility index (Phi) is 5.17. The molecule has 0 bridgehead atoms. The minimum absolute atomic E-state index is 0.0414. The van der Waals surface area contributed by atoms with E-state index in [0.29, 0.717) is 12.5 Å². The molecular formula is C14H25NO3. The molecule has 1 unspecified atom stereocenters. The molecule has 1 amide bonds. The first kappa shape index (κ1) is 15.0. The normalized spacial score (nSPS) is 18.4. The molecule has 104 valence electrons. The van der Waals surface area contributed by atoms with E-state index in [1.807, 2.05) is 20.8 Å². The summed E-state index contributed by atoms with van der Waals surface area (Å²) >= 11 is 0. The van der Waals surface area contributed by atoms with Crippen molar-refractivity contribution in [3.63, 3.8) is 0 Å². The third-order valence-corrected chi connectivity index (χ3v) is 3.46. The molecule has 0 aliphatic heterocycles. The second kappa shape index (κ2) is 6.21. The molecule has 1 rings (SSSR count). The lowest BCUT2D eigenvalue weighted by Gasteiger charge is -2.29. The lowest BCUT2D eigenvalue weighted by atomic mass is 9.85. The van der Waals surface area contributed by atoms with Crippen LogP contribution in [0.15, 0.2) is 0 Å². The summed E-state index contributed by atoms with van der Waals surface area (Å²) in [6.45, 7) is 7.75. The van der Waals surface area contributed by atoms with Gasteiger partial charge in [-0.15, -0.1) is 0 Å². The molecule has 1 atom stereocenters. The minimum Gasteiger partial charge on any atom is -0.449 e. The third kappa shape index (κ3) is 4.67. The van der Waals surface area contributed by atoms with Gasteiger partial charge in [0.05, 0.1) is 12.6 Å². The fraction of sp³-hybridized carbons (Fsp3) is 0.857. The number of hydrogen-bond acceptors (Lipinski definition) is 3. The Hall–Kier alpha value is -1.06. The van der Waals surface area contributed by atoms with Crippen molar-refractivity contribution >= 4 is 11.9 Å². The standard InChI is InChI=1S/C14H25NO3/c1-10(16)12(14(2,3)4)15-13(17)18-9-11-7-5-6-8-11/h11-12H,5-9H2,1-4H3,(H,15,17). The van der Waals surface area contributed by atoms with Crippen LogP contribution in [0.5, 0.6) is 0 Å². The predicted molar refractivity (Wildman–Crippen MR) is 70.4 cm³/mol. The summed E-state index contributed by atoms with van der Waals surface area (Å²) in [6, 6.07) is -0.492. The minimum atomic E-state index is -0.492. The zero-order chi connectivity index (χ0) is 13.8. The third-order valence-electron chi connectivity index (χ3n) is 3.46. The summed E-state index contributed by atoms with van der Waals surface area (Å²) in [5.41, 5.74) is -0.293. The van der Waals surface area contributed by atoms with Crippen LogP contribution < -0.4 is 5.32 Å². The predicted octanol–water partition coefficient (Wildman–Crippen LogP) is 2.91. The molecule has 1 aliphatic rings. The largest absolute Gasteiger partial charge is 0.449 e. The van der Waals surface area contributed by atoms with Crippen molar-refractivity contribution in [1.29, 1.82) is 0 Å². The molecule has 1 fully saturated rings. The van der Waals surface area contributed by atoms with Crippen molar-refractivity contribution in [2.24, 2.45) is 11.3 Å². The van der Waals surface area contributed by atoms with Gasteiger partial charge in [0, 0.05) is 0 Å². The Morgan fingerprint density at radius 1 is 1.28 bits per heavy atom. The maximum Gasteiger partial charge on any atom is 0.407 e. The average Bonchev–Trinajstić information content (AvgIpc) is 2.73. The number of Topliss-reactive ketones (excluding diaryl/α,β-unsaturated/α-hetero) is 1. The number of carbonyl (C=O) groups excluding carboxylic acids is 2. The first-order chi connectivity index (χ1) is 8.30. The van der Waals surface area contributed by atoms with Crippen LogP contribution in [0.25, 0.3) is 0 Å². The fourth-order valence-corrected chi connectivity index (χ4v) is 2.46. The van der Waals surface area contributed by atoms with E-state index < -0.39 is 12.1 Å². The van der Waals surface area contributed by atoms with Crippen LogP contribution in [-0.4, -0.2) is 24.5 Å². The van der Waals surface area contributed by atoms with Crippen LogP contribution in [0.2, 0.25) is 0 Å². The number of ketones is 1. The van der Waals surface area contributed by atoms with Crippen molar-refractivity contribution in [3.8, 4) is 0 Å². The monoisotopic (exact) mass is 255 g/mol. The van der Waals surface area contributed by atoms with Crippen molar-refractivity contribution in [3.05, 3.63) is 0 Å². The zero-order valence-corrected chi connectivity index (χ0v) is 11.9. The van der Waals surface area contributed by atoms with E-state index in [1.165, 1.54) is 19.8 Å². The first-order valence-electron chi connectivity index (χ1n) is 6.74. The van der Waals surface area contributed by atoms with E-state index in [1.54, 1.807) is 0 Å². The summed E-state index contributed by atoms with van der Waals surface area (Å²) in [5.74, 6) is 0.460. The number of nitrogens with one attached hydrogen (secondary N) is 1. The molecule has 1 aliphatic carbocycles. The van der Waals surface area contributed by atoms with Gasteiger partial charge in [-0.2, -0.15) is 0 Å². The summed E-state index contributed by atoms with van der Waals surface area (Å²) in [6.07, 6.45) is 4.27. The van der Waals surface area contributed by atoms with Gasteiger partial charge in [-0.3, -0.25) is 4.79 Å². The highest BCUT2D eigenvalue weighted by molar-refractivity contribution is 5.86. The summed E-state index contributed by atoms with van der Waals surface area (Å²) in [5, 5.41) is 2.67. The van der Waals surface area contributed by atoms with E-state index >= 15 is 0 Å². The van der Waals surface area contributed by atoms with E-state index in [9.17, 15) is 9.59 Å². The summed E-state index contributed by atoms with van der Waals surface area (Å²) in [4.78, 5) is 23.2. The molecule has 0 radical (unpaired) electrons. The summed E-state index contributed by atoms with van der Waals surface area (Å²) < 4.78 is 5.20. The van der Waals surface area contributed by atoms with E-state index in [0.717, 1.165) is 12.8 Å². The van der Waals surface area contributed by atoms with Gasteiger partial charge in [-0.1, -0.05) is 33.6 Å². The molecule has 4 nitrogen and oxygen atoms in total. The van der Waals surface area contributed by atoms with Gasteiger partial charge in [0.15, 0.2) is 5.78 Å². The van der Waals surface area contributed by atoms with Crippen molar-refractivity contribution in [2.75, 3.05) is 6.61 Å². The van der Waals surface area contributed by atoms with E-state index in [2.05, 4.69) is 5.32 Å². The molecule has 18 heavy (non-hydrogen) atoms. The number of amides is 1. The number of carbonyl (C=O) groups is 2. The highest BCUT2D eigenvalue weighted by atomic mass is 16.5. The molecule has 0 aromatic heterocycles. The topological polar surface area (TPSA) is 55.4 Å². The van der Waals surface area contributed by atoms with Gasteiger partial charge >= 0.3 is 6.09 Å². The van der Waals surface area contributed by atoms with Crippen LogP contribution in [0.4, 0.5) is 4.79 Å². The number of hydrogen-bond donors (Lipinski definition) is 1. The van der Waals surface area contributed by atoms with Crippen LogP contribution in [0, 0.1) is 11.3 Å². The quantitative estimate of drug-likeness (QED) is 0.840. The zero-order valence-electron chi connectivity index (χ0n) is 11.9. The van der Waals surface area contributed by atoms with E-state index in [-0.39, 0.29) is 11.2 Å². The number of ether oxygens (including phenoxy) is 1. The SMILES string of the molecule is CC(=O)C(NC(=O)OCC1CCCC1)C(C)(C)C. The Morgan fingerprint density at radius 2 is 1.83 bits per heavy atom. The number of rotatable bonds is 4. The van der Waals surface area contributed by atoms with Gasteiger partial charge in [-0.25, -0.2) is 4.79 Å². The highest BCUT2D eigenvalue weighted by Gasteiger charge is 2.30. The Balaban J connectivity index is 2.39. The Bertz CT molecular complexity index is 301. The van der Waals surface area contributed by atoms with Gasteiger partial charge in [-0.05, 0) is 31.1 Å². The van der Waals surface area contributed by atoms with Gasteiger partial charge in [0.1, 0.15) is 0 Å². The van der Waals surface area contributed by atoms with Crippen LogP contribution in [0.3, 0.4) is 0 Å². The van der Waals surface area contributed by atoms with Crippen molar-refractivity contribution in [2.45, 2.75) is 59.4 Å². The molecule has 0 heterocycles. The number of alkyl carbamates (subject to hydrolysis) is 1. The van der Waals surface area contributed by atoms with Crippen molar-refractivity contribution in [1.82, 2.24) is 5.32 Å². The maximum atomic E-state index is 11.7. The molecule has 1 N–H and O–H groups in total. The van der Waals surface area contributed by atoms with Gasteiger partial charge in [0.2, 0.25) is 0 Å². The second-order valence-corrected chi connectivity index (χ2v) is 6.30. The Morgan fingerprint density at radius 3 is 2.28 bits per heavy atom. The Labute approximate surface area is 109 Å². The highest BCUT2D eigenvalue weighted by Crippen LogP contribution is 2.25. The van der Waals surface area contributed by atoms with Gasteiger partial charge in [0.25, 0.3) is 0 Å². The molecule has 0 aromatic carbocycles. The lowest BCUT2D eigenvalue weighted by molar-refractivity contribution is -0.121. The van der Waals surface area contributed by atoms with Gasteiger partial charge < -0.3 is 10.1 Å². The molecule has 0 saturated heterocycles.